The molecular formula is C10H22N2O8. The second-order valence-corrected chi connectivity index (χ2v) is 3.28. The Morgan fingerprint density at radius 3 is 0.750 bits per heavy atom. The number of hydrogen-bond donors (Lipinski definition) is 6. The highest BCUT2D eigenvalue weighted by Gasteiger charge is 2.00. The molecule has 10 N–H and O–H groups in total. The summed E-state index contributed by atoms with van der Waals surface area (Å²) in [6.07, 6.45) is 0.173. The van der Waals surface area contributed by atoms with Crippen LogP contribution in [0.25, 0.3) is 0 Å². The second kappa shape index (κ2) is 16.8. The van der Waals surface area contributed by atoms with E-state index in [-0.39, 0.29) is 50.8 Å². The molecule has 0 fully saturated rings. The average molecular weight is 298 g/mol. The highest BCUT2D eigenvalue weighted by Crippen LogP contribution is 1.94. The number of rotatable bonds is 8. The molecule has 120 valence electrons. The van der Waals surface area contributed by atoms with E-state index in [0.29, 0.717) is 0 Å². The number of carboxylic acids is 4. The molecule has 0 rings (SSSR count). The molecule has 0 aromatic carbocycles. The van der Waals surface area contributed by atoms with Gasteiger partial charge in [0.05, 0.1) is 0 Å². The molecule has 0 radical (unpaired) electrons. The smallest absolute Gasteiger partial charge is 0.303 e. The van der Waals surface area contributed by atoms with E-state index in [0.717, 1.165) is 0 Å². The lowest BCUT2D eigenvalue weighted by Crippen LogP contribution is -1.98. The van der Waals surface area contributed by atoms with E-state index in [1.54, 1.807) is 0 Å². The fourth-order valence-electron chi connectivity index (χ4n) is 0.782. The van der Waals surface area contributed by atoms with Crippen LogP contribution in [-0.2, 0) is 19.2 Å². The minimum atomic E-state index is -0.948. The first kappa shape index (κ1) is 26.4. The lowest BCUT2D eigenvalue weighted by Gasteiger charge is -1.89. The first-order valence-corrected chi connectivity index (χ1v) is 5.13. The van der Waals surface area contributed by atoms with Crippen molar-refractivity contribution in [3.63, 3.8) is 0 Å². The molecule has 10 nitrogen and oxygen atoms in total. The van der Waals surface area contributed by atoms with Gasteiger partial charge in [0.1, 0.15) is 0 Å². The van der Waals surface area contributed by atoms with Crippen LogP contribution in [0.4, 0.5) is 0 Å². The van der Waals surface area contributed by atoms with Crippen LogP contribution in [0.2, 0.25) is 0 Å². The van der Waals surface area contributed by atoms with Crippen molar-refractivity contribution in [1.29, 1.82) is 0 Å². The molecule has 0 aromatic heterocycles. The van der Waals surface area contributed by atoms with Crippen LogP contribution in [0, 0.1) is 0 Å². The molecule has 0 aliphatic rings. The van der Waals surface area contributed by atoms with Gasteiger partial charge in [-0.3, -0.25) is 19.2 Å². The monoisotopic (exact) mass is 298 g/mol. The molecule has 0 aliphatic heterocycles. The first-order valence-electron chi connectivity index (χ1n) is 5.13. The van der Waals surface area contributed by atoms with Crippen LogP contribution in [-0.4, -0.2) is 44.3 Å². The molecule has 0 unspecified atom stereocenters. The third-order valence-electron chi connectivity index (χ3n) is 1.56. The van der Waals surface area contributed by atoms with Crippen molar-refractivity contribution in [1.82, 2.24) is 12.3 Å². The second-order valence-electron chi connectivity index (χ2n) is 3.28. The lowest BCUT2D eigenvalue weighted by molar-refractivity contribution is -0.140. The normalized spacial score (nSPS) is 8.00. The zero-order chi connectivity index (χ0) is 14.6. The fourth-order valence-corrected chi connectivity index (χ4v) is 0.782. The van der Waals surface area contributed by atoms with Crippen molar-refractivity contribution in [2.75, 3.05) is 0 Å². The van der Waals surface area contributed by atoms with E-state index in [1.807, 2.05) is 0 Å². The van der Waals surface area contributed by atoms with E-state index in [2.05, 4.69) is 0 Å². The molecule has 0 spiro atoms. The summed E-state index contributed by atoms with van der Waals surface area (Å²) in [7, 11) is 0. The topological polar surface area (TPSA) is 219 Å². The van der Waals surface area contributed by atoms with Crippen molar-refractivity contribution in [3.8, 4) is 0 Å². The summed E-state index contributed by atoms with van der Waals surface area (Å²) in [6, 6.07) is 0. The van der Waals surface area contributed by atoms with E-state index >= 15 is 0 Å². The van der Waals surface area contributed by atoms with Crippen LogP contribution < -0.4 is 12.3 Å². The molecule has 10 heteroatoms. The summed E-state index contributed by atoms with van der Waals surface area (Å²) in [4.78, 5) is 39.2. The van der Waals surface area contributed by atoms with Crippen molar-refractivity contribution in [2.45, 2.75) is 38.5 Å². The molecule has 20 heavy (non-hydrogen) atoms. The Kier molecular flexibility index (Phi) is 22.2. The average Bonchev–Trinajstić information content (AvgIpc) is 2.15. The predicted molar refractivity (Wildman–Crippen MR) is 68.3 cm³/mol. The van der Waals surface area contributed by atoms with Gasteiger partial charge in [0.25, 0.3) is 0 Å². The van der Waals surface area contributed by atoms with Gasteiger partial charge in [-0.2, -0.15) is 0 Å². The van der Waals surface area contributed by atoms with Gasteiger partial charge in [0.15, 0.2) is 0 Å². The minimum absolute atomic E-state index is 0. The fraction of sp³-hybridized carbons (Fsp3) is 0.600. The van der Waals surface area contributed by atoms with Crippen molar-refractivity contribution in [3.05, 3.63) is 0 Å². The summed E-state index contributed by atoms with van der Waals surface area (Å²) in [5.74, 6) is -3.79. The van der Waals surface area contributed by atoms with Gasteiger partial charge in [-0.15, -0.1) is 0 Å². The summed E-state index contributed by atoms with van der Waals surface area (Å²) >= 11 is 0. The number of hydrogen-bond acceptors (Lipinski definition) is 6. The van der Waals surface area contributed by atoms with Crippen LogP contribution in [0.15, 0.2) is 0 Å². The van der Waals surface area contributed by atoms with Gasteiger partial charge >= 0.3 is 23.9 Å². The molecule has 0 atom stereocenters. The van der Waals surface area contributed by atoms with E-state index in [9.17, 15) is 19.2 Å². The van der Waals surface area contributed by atoms with Crippen molar-refractivity contribution >= 4 is 23.9 Å². The Bertz CT molecular complexity index is 248. The number of aliphatic carboxylic acids is 4. The van der Waals surface area contributed by atoms with Gasteiger partial charge in [-0.05, 0) is 12.8 Å². The van der Waals surface area contributed by atoms with Gasteiger partial charge in [0.2, 0.25) is 0 Å². The van der Waals surface area contributed by atoms with Gasteiger partial charge < -0.3 is 32.7 Å². The molecular weight excluding hydrogens is 276 g/mol. The van der Waals surface area contributed by atoms with Crippen LogP contribution in [0.1, 0.15) is 38.5 Å². The minimum Gasteiger partial charge on any atom is -0.481 e. The van der Waals surface area contributed by atoms with Gasteiger partial charge in [0, 0.05) is 25.7 Å². The summed E-state index contributed by atoms with van der Waals surface area (Å²) in [6.45, 7) is 0. The highest BCUT2D eigenvalue weighted by molar-refractivity contribution is 5.70. The maximum Gasteiger partial charge on any atom is 0.303 e. The Morgan fingerprint density at radius 2 is 0.650 bits per heavy atom. The molecule has 0 saturated carbocycles. The Morgan fingerprint density at radius 1 is 0.500 bits per heavy atom. The lowest BCUT2D eigenvalue weighted by atomic mass is 10.2. The maximum atomic E-state index is 9.79. The SMILES string of the molecule is N.N.O=C(O)CCCC(=O)O.O=C(O)CCCC(=O)O. The Hall–Kier alpha value is -2.20. The quantitative estimate of drug-likeness (QED) is 0.372. The first-order chi connectivity index (χ1) is 8.25. The third-order valence-corrected chi connectivity index (χ3v) is 1.56. The maximum absolute atomic E-state index is 9.79. The molecule has 0 saturated heterocycles. The van der Waals surface area contributed by atoms with E-state index in [1.165, 1.54) is 0 Å². The van der Waals surface area contributed by atoms with Crippen LogP contribution >= 0.6 is 0 Å². The molecule has 0 bridgehead atoms. The van der Waals surface area contributed by atoms with Gasteiger partial charge in [-0.1, -0.05) is 0 Å². The summed E-state index contributed by atoms with van der Waals surface area (Å²) < 4.78 is 0. The summed E-state index contributed by atoms with van der Waals surface area (Å²) in [5, 5.41) is 32.1. The third kappa shape index (κ3) is 36.0. The highest BCUT2D eigenvalue weighted by atomic mass is 16.4. The number of carboxylic acid groups (broad SMARTS) is 4. The Labute approximate surface area is 115 Å². The van der Waals surface area contributed by atoms with E-state index in [4.69, 9.17) is 20.4 Å². The number of carbonyl (C=O) groups is 4. The van der Waals surface area contributed by atoms with Gasteiger partial charge in [-0.25, -0.2) is 0 Å². The predicted octanol–water partition coefficient (Wildman–Crippen LogP) is 0.976. The Balaban J connectivity index is -0.000000116. The zero-order valence-corrected chi connectivity index (χ0v) is 11.1. The standard InChI is InChI=1S/2C5H8O4.2H3N/c2*6-4(7)2-1-3-5(8)9;;/h2*1-3H2,(H,6,7)(H,8,9);2*1H3. The van der Waals surface area contributed by atoms with Crippen LogP contribution in [0.3, 0.4) is 0 Å². The molecule has 0 aromatic rings. The zero-order valence-electron chi connectivity index (χ0n) is 11.1. The molecule has 0 amide bonds. The summed E-state index contributed by atoms with van der Waals surface area (Å²) in [5.41, 5.74) is 0. The van der Waals surface area contributed by atoms with Crippen LogP contribution in [0.5, 0.6) is 0 Å². The van der Waals surface area contributed by atoms with Crippen molar-refractivity contribution in [2.24, 2.45) is 0 Å². The molecule has 0 aliphatic carbocycles. The molecule has 0 heterocycles. The largest absolute Gasteiger partial charge is 0.481 e. The van der Waals surface area contributed by atoms with Crippen molar-refractivity contribution < 1.29 is 39.6 Å². The van der Waals surface area contributed by atoms with E-state index < -0.39 is 23.9 Å².